The first-order valence-corrected chi connectivity index (χ1v) is 6.77. The number of nitrogens with one attached hydrogen (secondary N) is 1. The third-order valence-electron chi connectivity index (χ3n) is 2.88. The second-order valence-corrected chi connectivity index (χ2v) is 5.24. The van der Waals surface area contributed by atoms with Crippen LogP contribution in [-0.4, -0.2) is 22.5 Å². The van der Waals surface area contributed by atoms with Gasteiger partial charge in [-0.3, -0.25) is 0 Å². The third kappa shape index (κ3) is 2.00. The van der Waals surface area contributed by atoms with E-state index >= 15 is 0 Å². The fraction of sp³-hybridized carbons (Fsp3) is 0.308. The van der Waals surface area contributed by atoms with Gasteiger partial charge >= 0.3 is 0 Å². The molecule has 16 heavy (non-hydrogen) atoms. The van der Waals surface area contributed by atoms with E-state index in [-0.39, 0.29) is 0 Å². The van der Waals surface area contributed by atoms with E-state index in [2.05, 4.69) is 34.6 Å². The highest BCUT2D eigenvalue weighted by Gasteiger charge is 2.15. The highest BCUT2D eigenvalue weighted by molar-refractivity contribution is 7.99. The standard InChI is InChI=1S/C13H14N2S/c1-2-4-12-10(3-1)5-6-13(15-12)14-11-7-8-16-9-11/h1-6,11H,7-9H2,(H,14,15). The van der Waals surface area contributed by atoms with Crippen molar-refractivity contribution in [3.8, 4) is 0 Å². The Balaban J connectivity index is 1.86. The zero-order valence-electron chi connectivity index (χ0n) is 9.02. The number of nitrogens with zero attached hydrogens (tertiary/aromatic N) is 1. The number of aromatic nitrogens is 1. The molecular formula is C13H14N2S. The maximum absolute atomic E-state index is 4.62. The zero-order chi connectivity index (χ0) is 10.8. The molecule has 0 bridgehead atoms. The highest BCUT2D eigenvalue weighted by atomic mass is 32.2. The number of fused-ring (bicyclic) bond motifs is 1. The average Bonchev–Trinajstić information content (AvgIpc) is 2.82. The van der Waals surface area contributed by atoms with Crippen LogP contribution in [0.2, 0.25) is 0 Å². The Morgan fingerprint density at radius 3 is 3.00 bits per heavy atom. The number of benzene rings is 1. The van der Waals surface area contributed by atoms with Crippen molar-refractivity contribution in [3.05, 3.63) is 36.4 Å². The van der Waals surface area contributed by atoms with Gasteiger partial charge in [0.1, 0.15) is 5.82 Å². The SMILES string of the molecule is c1ccc2nc(NC3CCSC3)ccc2c1. The van der Waals surface area contributed by atoms with Gasteiger partial charge in [0.05, 0.1) is 5.52 Å². The molecule has 1 unspecified atom stereocenters. The predicted octanol–water partition coefficient (Wildman–Crippen LogP) is 3.15. The Hall–Kier alpha value is -1.22. The summed E-state index contributed by atoms with van der Waals surface area (Å²) >= 11 is 2.01. The fourth-order valence-corrected chi connectivity index (χ4v) is 3.16. The van der Waals surface area contributed by atoms with Crippen LogP contribution >= 0.6 is 11.8 Å². The van der Waals surface area contributed by atoms with Crippen molar-refractivity contribution in [2.75, 3.05) is 16.8 Å². The van der Waals surface area contributed by atoms with Gasteiger partial charge in [-0.15, -0.1) is 0 Å². The average molecular weight is 230 g/mol. The molecule has 2 nitrogen and oxygen atoms in total. The van der Waals surface area contributed by atoms with Crippen molar-refractivity contribution in [1.29, 1.82) is 0 Å². The molecule has 2 heterocycles. The molecule has 3 rings (SSSR count). The van der Waals surface area contributed by atoms with Crippen LogP contribution in [0, 0.1) is 0 Å². The van der Waals surface area contributed by atoms with Crippen molar-refractivity contribution < 1.29 is 0 Å². The molecule has 3 heteroatoms. The van der Waals surface area contributed by atoms with Gasteiger partial charge in [-0.05, 0) is 30.4 Å². The lowest BCUT2D eigenvalue weighted by atomic mass is 10.2. The normalized spacial score (nSPS) is 20.1. The number of hydrogen-bond donors (Lipinski definition) is 1. The molecule has 0 amide bonds. The summed E-state index contributed by atoms with van der Waals surface area (Å²) in [5, 5.41) is 4.70. The van der Waals surface area contributed by atoms with E-state index in [1.807, 2.05) is 23.9 Å². The van der Waals surface area contributed by atoms with Gasteiger partial charge in [0.15, 0.2) is 0 Å². The summed E-state index contributed by atoms with van der Waals surface area (Å²) in [7, 11) is 0. The zero-order valence-corrected chi connectivity index (χ0v) is 9.83. The molecule has 1 saturated heterocycles. The van der Waals surface area contributed by atoms with E-state index in [0.29, 0.717) is 6.04 Å². The van der Waals surface area contributed by atoms with E-state index in [1.165, 1.54) is 23.3 Å². The number of hydrogen-bond acceptors (Lipinski definition) is 3. The van der Waals surface area contributed by atoms with Crippen LogP contribution < -0.4 is 5.32 Å². The summed E-state index contributed by atoms with van der Waals surface area (Å²) in [6.45, 7) is 0. The predicted molar refractivity (Wildman–Crippen MR) is 71.1 cm³/mol. The van der Waals surface area contributed by atoms with Crippen molar-refractivity contribution in [2.24, 2.45) is 0 Å². The number of para-hydroxylation sites is 1. The maximum Gasteiger partial charge on any atom is 0.126 e. The molecule has 0 aliphatic carbocycles. The molecule has 1 N–H and O–H groups in total. The van der Waals surface area contributed by atoms with Gasteiger partial charge in [-0.25, -0.2) is 4.98 Å². The highest BCUT2D eigenvalue weighted by Crippen LogP contribution is 2.21. The molecule has 0 radical (unpaired) electrons. The Labute approximate surface area is 99.5 Å². The quantitative estimate of drug-likeness (QED) is 0.858. The molecule has 2 aromatic rings. The third-order valence-corrected chi connectivity index (χ3v) is 4.04. The van der Waals surface area contributed by atoms with Gasteiger partial charge in [-0.2, -0.15) is 11.8 Å². The summed E-state index contributed by atoms with van der Waals surface area (Å²) < 4.78 is 0. The van der Waals surface area contributed by atoms with Crippen LogP contribution in [0.4, 0.5) is 5.82 Å². The molecule has 1 fully saturated rings. The lowest BCUT2D eigenvalue weighted by molar-refractivity contribution is 0.808. The van der Waals surface area contributed by atoms with Gasteiger partial charge < -0.3 is 5.32 Å². The summed E-state index contributed by atoms with van der Waals surface area (Å²) in [4.78, 5) is 4.62. The molecule has 82 valence electrons. The van der Waals surface area contributed by atoms with Gasteiger partial charge in [0.25, 0.3) is 0 Å². The molecule has 0 saturated carbocycles. The minimum Gasteiger partial charge on any atom is -0.366 e. The van der Waals surface area contributed by atoms with Gasteiger partial charge in [0.2, 0.25) is 0 Å². The first-order chi connectivity index (χ1) is 7.92. The lowest BCUT2D eigenvalue weighted by Gasteiger charge is -2.12. The van der Waals surface area contributed by atoms with Crippen LogP contribution in [0.1, 0.15) is 6.42 Å². The molecule has 0 spiro atoms. The second kappa shape index (κ2) is 4.34. The molecule has 1 atom stereocenters. The van der Waals surface area contributed by atoms with Crippen LogP contribution in [-0.2, 0) is 0 Å². The maximum atomic E-state index is 4.62. The van der Waals surface area contributed by atoms with Crippen LogP contribution in [0.5, 0.6) is 0 Å². The molecular weight excluding hydrogens is 216 g/mol. The minimum atomic E-state index is 0.596. The smallest absolute Gasteiger partial charge is 0.126 e. The van der Waals surface area contributed by atoms with Gasteiger partial charge in [-0.1, -0.05) is 18.2 Å². The number of rotatable bonds is 2. The Kier molecular flexibility index (Phi) is 2.70. The monoisotopic (exact) mass is 230 g/mol. The topological polar surface area (TPSA) is 24.9 Å². The number of pyridine rings is 1. The minimum absolute atomic E-state index is 0.596. The Morgan fingerprint density at radius 2 is 2.12 bits per heavy atom. The Bertz CT molecular complexity index is 492. The second-order valence-electron chi connectivity index (χ2n) is 4.09. The van der Waals surface area contributed by atoms with Crippen LogP contribution in [0.25, 0.3) is 10.9 Å². The molecule has 1 aliphatic heterocycles. The Morgan fingerprint density at radius 1 is 1.19 bits per heavy atom. The van der Waals surface area contributed by atoms with E-state index in [0.717, 1.165) is 11.3 Å². The van der Waals surface area contributed by atoms with Crippen molar-refractivity contribution in [3.63, 3.8) is 0 Å². The fourth-order valence-electron chi connectivity index (χ4n) is 2.00. The van der Waals surface area contributed by atoms with Crippen molar-refractivity contribution in [2.45, 2.75) is 12.5 Å². The molecule has 1 aromatic carbocycles. The molecule has 1 aromatic heterocycles. The van der Waals surface area contributed by atoms with E-state index in [4.69, 9.17) is 0 Å². The summed E-state index contributed by atoms with van der Waals surface area (Å²) in [5.41, 5.74) is 1.07. The lowest BCUT2D eigenvalue weighted by Crippen LogP contribution is -2.18. The first kappa shape index (κ1) is 9.97. The van der Waals surface area contributed by atoms with Gasteiger partial charge in [0, 0.05) is 17.2 Å². The van der Waals surface area contributed by atoms with Crippen molar-refractivity contribution >= 4 is 28.5 Å². The summed E-state index contributed by atoms with van der Waals surface area (Å²) in [5.74, 6) is 3.48. The number of anilines is 1. The van der Waals surface area contributed by atoms with Crippen LogP contribution in [0.3, 0.4) is 0 Å². The van der Waals surface area contributed by atoms with Crippen LogP contribution in [0.15, 0.2) is 36.4 Å². The molecule has 1 aliphatic rings. The van der Waals surface area contributed by atoms with E-state index < -0.39 is 0 Å². The van der Waals surface area contributed by atoms with E-state index in [1.54, 1.807) is 0 Å². The number of thioether (sulfide) groups is 1. The van der Waals surface area contributed by atoms with Crippen molar-refractivity contribution in [1.82, 2.24) is 4.98 Å². The van der Waals surface area contributed by atoms with E-state index in [9.17, 15) is 0 Å². The summed E-state index contributed by atoms with van der Waals surface area (Å²) in [6.07, 6.45) is 1.25. The summed E-state index contributed by atoms with van der Waals surface area (Å²) in [6, 6.07) is 13.0. The largest absolute Gasteiger partial charge is 0.366 e. The first-order valence-electron chi connectivity index (χ1n) is 5.62.